The van der Waals surface area contributed by atoms with E-state index in [-0.39, 0.29) is 24.6 Å². The number of fused-ring (bicyclic) bond motifs is 1. The third-order valence-electron chi connectivity index (χ3n) is 3.80. The minimum absolute atomic E-state index is 0.00984. The van der Waals surface area contributed by atoms with Crippen LogP contribution in [0.15, 0.2) is 47.4 Å². The van der Waals surface area contributed by atoms with Gasteiger partial charge in [0.1, 0.15) is 0 Å². The van der Waals surface area contributed by atoms with E-state index in [0.717, 1.165) is 22.7 Å². The van der Waals surface area contributed by atoms with Gasteiger partial charge in [0.05, 0.1) is 16.4 Å². The number of hydrogen-bond donors (Lipinski definition) is 1. The molecule has 1 N–H and O–H groups in total. The predicted octanol–water partition coefficient (Wildman–Crippen LogP) is 3.20. The average Bonchev–Trinajstić information content (AvgIpc) is 2.62. The number of anilines is 2. The van der Waals surface area contributed by atoms with Gasteiger partial charge in [-0.1, -0.05) is 12.1 Å². The number of nitro groups is 1. The number of amides is 2. The topological polar surface area (TPSA) is 92.6 Å². The minimum Gasteiger partial charge on any atom is -0.326 e. The first-order valence-electron chi connectivity index (χ1n) is 7.71. The largest absolute Gasteiger partial charge is 0.326 e. The van der Waals surface area contributed by atoms with Crippen LogP contribution >= 0.6 is 11.8 Å². The fourth-order valence-electron chi connectivity index (χ4n) is 2.57. The molecule has 0 unspecified atom stereocenters. The Bertz CT molecular complexity index is 890. The van der Waals surface area contributed by atoms with E-state index in [9.17, 15) is 24.1 Å². The molecule has 1 heterocycles. The Morgan fingerprint density at radius 3 is 2.85 bits per heavy atom. The van der Waals surface area contributed by atoms with Crippen molar-refractivity contribution in [2.75, 3.05) is 22.5 Å². The lowest BCUT2D eigenvalue weighted by molar-refractivity contribution is -0.387. The highest BCUT2D eigenvalue weighted by Crippen LogP contribution is 2.34. The smallest absolute Gasteiger partial charge is 0.306 e. The quantitative estimate of drug-likeness (QED) is 0.640. The molecule has 0 bridgehead atoms. The van der Waals surface area contributed by atoms with E-state index >= 15 is 0 Å². The van der Waals surface area contributed by atoms with Crippen LogP contribution in [0, 0.1) is 15.9 Å². The van der Waals surface area contributed by atoms with Gasteiger partial charge in [-0.25, -0.2) is 0 Å². The number of nitrogens with one attached hydrogen (secondary N) is 1. The molecule has 0 aromatic heterocycles. The lowest BCUT2D eigenvalue weighted by atomic mass is 10.2. The van der Waals surface area contributed by atoms with E-state index in [1.54, 1.807) is 4.90 Å². The molecule has 0 radical (unpaired) electrons. The van der Waals surface area contributed by atoms with Crippen LogP contribution in [-0.2, 0) is 9.59 Å². The van der Waals surface area contributed by atoms with Crippen LogP contribution in [-0.4, -0.2) is 29.0 Å². The summed E-state index contributed by atoms with van der Waals surface area (Å²) >= 11 is 1.45. The van der Waals surface area contributed by atoms with Crippen molar-refractivity contribution in [2.45, 2.75) is 11.3 Å². The van der Waals surface area contributed by atoms with Gasteiger partial charge in [-0.15, -0.1) is 11.8 Å². The Kier molecular flexibility index (Phi) is 5.17. The highest BCUT2D eigenvalue weighted by molar-refractivity contribution is 8.00. The van der Waals surface area contributed by atoms with Crippen LogP contribution in [0.25, 0.3) is 0 Å². The zero-order valence-electron chi connectivity index (χ0n) is 13.5. The first-order valence-corrected chi connectivity index (χ1v) is 8.70. The Balaban J connectivity index is 1.66. The second-order valence-electron chi connectivity index (χ2n) is 5.52. The van der Waals surface area contributed by atoms with Gasteiger partial charge < -0.3 is 10.2 Å². The summed E-state index contributed by atoms with van der Waals surface area (Å²) in [6.45, 7) is 0.186. The summed E-state index contributed by atoms with van der Waals surface area (Å²) in [5, 5.41) is 13.2. The maximum absolute atomic E-state index is 13.3. The van der Waals surface area contributed by atoms with Crippen molar-refractivity contribution in [1.29, 1.82) is 0 Å². The lowest BCUT2D eigenvalue weighted by Crippen LogP contribution is -2.37. The molecule has 0 spiro atoms. The SMILES string of the molecule is O=C(CCN1C(=O)CSc2ccccc21)Nc1ccc(F)c([N+](=O)[O-])c1. The zero-order valence-corrected chi connectivity index (χ0v) is 14.3. The van der Waals surface area contributed by atoms with Crippen molar-refractivity contribution in [3.05, 3.63) is 58.4 Å². The minimum atomic E-state index is -0.971. The third-order valence-corrected chi connectivity index (χ3v) is 4.84. The maximum atomic E-state index is 13.3. The van der Waals surface area contributed by atoms with Crippen molar-refractivity contribution >= 4 is 40.6 Å². The Morgan fingerprint density at radius 1 is 1.31 bits per heavy atom. The molecule has 7 nitrogen and oxygen atoms in total. The van der Waals surface area contributed by atoms with Crippen LogP contribution in [0.5, 0.6) is 0 Å². The van der Waals surface area contributed by atoms with E-state index in [1.807, 2.05) is 24.3 Å². The fraction of sp³-hybridized carbons (Fsp3) is 0.176. The predicted molar refractivity (Wildman–Crippen MR) is 95.8 cm³/mol. The highest BCUT2D eigenvalue weighted by Gasteiger charge is 2.24. The number of thioether (sulfide) groups is 1. The van der Waals surface area contributed by atoms with Crippen LogP contribution in [0.4, 0.5) is 21.5 Å². The molecule has 0 aliphatic carbocycles. The highest BCUT2D eigenvalue weighted by atomic mass is 32.2. The molecule has 134 valence electrons. The number of nitro benzene ring substituents is 1. The van der Waals surface area contributed by atoms with E-state index in [0.29, 0.717) is 5.75 Å². The number of benzene rings is 2. The fourth-order valence-corrected chi connectivity index (χ4v) is 3.50. The molecular weight excluding hydrogens is 361 g/mol. The summed E-state index contributed by atoms with van der Waals surface area (Å²) in [6.07, 6.45) is 0.00984. The van der Waals surface area contributed by atoms with Crippen molar-refractivity contribution in [3.8, 4) is 0 Å². The Morgan fingerprint density at radius 2 is 2.08 bits per heavy atom. The van der Waals surface area contributed by atoms with Gasteiger partial charge in [0.15, 0.2) is 0 Å². The summed E-state index contributed by atoms with van der Waals surface area (Å²) in [7, 11) is 0. The normalized spacial score (nSPS) is 13.3. The molecular formula is C17H14FN3O4S. The summed E-state index contributed by atoms with van der Waals surface area (Å²) in [5.74, 6) is -1.17. The number of para-hydroxylation sites is 1. The number of rotatable bonds is 5. The van der Waals surface area contributed by atoms with Gasteiger partial charge in [0, 0.05) is 29.6 Å². The average molecular weight is 375 g/mol. The lowest BCUT2D eigenvalue weighted by Gasteiger charge is -2.28. The molecule has 9 heteroatoms. The molecule has 2 amide bonds. The summed E-state index contributed by atoms with van der Waals surface area (Å²) in [4.78, 5) is 36.7. The molecule has 1 aliphatic heterocycles. The van der Waals surface area contributed by atoms with Crippen LogP contribution in [0.3, 0.4) is 0 Å². The van der Waals surface area contributed by atoms with E-state index in [1.165, 1.54) is 17.8 Å². The monoisotopic (exact) mass is 375 g/mol. The molecule has 0 saturated carbocycles. The molecule has 2 aromatic rings. The maximum Gasteiger partial charge on any atom is 0.306 e. The van der Waals surface area contributed by atoms with Gasteiger partial charge in [0.2, 0.25) is 17.6 Å². The molecule has 0 fully saturated rings. The number of hydrogen-bond acceptors (Lipinski definition) is 5. The number of nitrogens with zero attached hydrogens (tertiary/aromatic N) is 2. The van der Waals surface area contributed by atoms with Crippen molar-refractivity contribution < 1.29 is 18.9 Å². The molecule has 26 heavy (non-hydrogen) atoms. The van der Waals surface area contributed by atoms with Crippen molar-refractivity contribution in [1.82, 2.24) is 0 Å². The standard InChI is InChI=1S/C17H14FN3O4S/c18-12-6-5-11(9-14(12)21(24)25)19-16(22)7-8-20-13-3-1-2-4-15(13)26-10-17(20)23/h1-6,9H,7-8,10H2,(H,19,22). The van der Waals surface area contributed by atoms with Crippen molar-refractivity contribution in [3.63, 3.8) is 0 Å². The third kappa shape index (κ3) is 3.83. The van der Waals surface area contributed by atoms with E-state index in [2.05, 4.69) is 5.32 Å². The van der Waals surface area contributed by atoms with Gasteiger partial charge in [-0.3, -0.25) is 19.7 Å². The van der Waals surface area contributed by atoms with Crippen LogP contribution in [0.1, 0.15) is 6.42 Å². The second-order valence-corrected chi connectivity index (χ2v) is 6.54. The molecule has 2 aromatic carbocycles. The Hall–Kier alpha value is -2.94. The first kappa shape index (κ1) is 17.9. The van der Waals surface area contributed by atoms with Crippen LogP contribution < -0.4 is 10.2 Å². The molecule has 3 rings (SSSR count). The van der Waals surface area contributed by atoms with Gasteiger partial charge >= 0.3 is 5.69 Å². The van der Waals surface area contributed by atoms with E-state index in [4.69, 9.17) is 0 Å². The number of halogens is 1. The van der Waals surface area contributed by atoms with Crippen molar-refractivity contribution in [2.24, 2.45) is 0 Å². The number of carbonyl (C=O) groups excluding carboxylic acids is 2. The zero-order chi connectivity index (χ0) is 18.7. The summed E-state index contributed by atoms with van der Waals surface area (Å²) in [5.41, 5.74) is 0.183. The molecule has 0 saturated heterocycles. The molecule has 1 aliphatic rings. The van der Waals surface area contributed by atoms with Gasteiger partial charge in [-0.05, 0) is 24.3 Å². The second kappa shape index (κ2) is 7.52. The molecule has 0 atom stereocenters. The van der Waals surface area contributed by atoms with Crippen LogP contribution in [0.2, 0.25) is 0 Å². The van der Waals surface area contributed by atoms with E-state index < -0.39 is 22.3 Å². The Labute approximate surface area is 152 Å². The number of carbonyl (C=O) groups is 2. The summed E-state index contributed by atoms with van der Waals surface area (Å²) in [6, 6.07) is 10.6. The van der Waals surface area contributed by atoms with Gasteiger partial charge in [-0.2, -0.15) is 4.39 Å². The summed E-state index contributed by atoms with van der Waals surface area (Å²) < 4.78 is 13.3. The van der Waals surface area contributed by atoms with Gasteiger partial charge in [0.25, 0.3) is 0 Å². The first-order chi connectivity index (χ1) is 12.5.